The van der Waals surface area contributed by atoms with Gasteiger partial charge in [0.05, 0.1) is 12.6 Å². The number of benzene rings is 1. The number of rotatable bonds is 5. The second kappa shape index (κ2) is 6.91. The Hall–Kier alpha value is -2.08. The van der Waals surface area contributed by atoms with Crippen LogP contribution in [0, 0.1) is 0 Å². The number of methoxy groups -OCH3 is 1. The monoisotopic (exact) mass is 279 g/mol. The Balaban J connectivity index is 2.70. The molecule has 20 heavy (non-hydrogen) atoms. The first-order valence-electron chi connectivity index (χ1n) is 6.50. The summed E-state index contributed by atoms with van der Waals surface area (Å²) >= 11 is 0. The summed E-state index contributed by atoms with van der Waals surface area (Å²) < 4.78 is 4.49. The molecule has 6 heteroatoms. The van der Waals surface area contributed by atoms with E-state index in [1.165, 1.54) is 7.11 Å². The van der Waals surface area contributed by atoms with Gasteiger partial charge >= 0.3 is 6.09 Å². The molecule has 0 bridgehead atoms. The highest BCUT2D eigenvalue weighted by molar-refractivity contribution is 5.98. The molecule has 0 heterocycles. The van der Waals surface area contributed by atoms with E-state index in [4.69, 9.17) is 5.73 Å². The van der Waals surface area contributed by atoms with Crippen LogP contribution in [0.25, 0.3) is 0 Å². The lowest BCUT2D eigenvalue weighted by Gasteiger charge is -2.25. The number of anilines is 2. The molecule has 0 saturated carbocycles. The van der Waals surface area contributed by atoms with Crippen LogP contribution in [-0.4, -0.2) is 24.6 Å². The molecule has 6 nitrogen and oxygen atoms in total. The maximum absolute atomic E-state index is 12.1. The molecule has 0 spiro atoms. The summed E-state index contributed by atoms with van der Waals surface area (Å²) in [4.78, 5) is 23.1. The van der Waals surface area contributed by atoms with Crippen molar-refractivity contribution in [3.63, 3.8) is 0 Å². The second-order valence-corrected chi connectivity index (χ2v) is 4.51. The SMILES string of the molecule is CCC(N)(CC)C(=O)Nc1ccc(NC(=O)OC)cc1. The summed E-state index contributed by atoms with van der Waals surface area (Å²) in [6.45, 7) is 3.76. The second-order valence-electron chi connectivity index (χ2n) is 4.51. The van der Waals surface area contributed by atoms with Gasteiger partial charge in [-0.1, -0.05) is 13.8 Å². The van der Waals surface area contributed by atoms with Crippen molar-refractivity contribution in [3.05, 3.63) is 24.3 Å². The maximum Gasteiger partial charge on any atom is 0.411 e. The number of ether oxygens (including phenoxy) is 1. The Morgan fingerprint density at radius 3 is 1.95 bits per heavy atom. The van der Waals surface area contributed by atoms with Crippen LogP contribution >= 0.6 is 0 Å². The van der Waals surface area contributed by atoms with Crippen molar-refractivity contribution in [2.24, 2.45) is 5.73 Å². The van der Waals surface area contributed by atoms with E-state index in [1.54, 1.807) is 24.3 Å². The molecule has 0 unspecified atom stereocenters. The molecule has 2 amide bonds. The van der Waals surface area contributed by atoms with E-state index >= 15 is 0 Å². The van der Waals surface area contributed by atoms with Crippen molar-refractivity contribution in [2.75, 3.05) is 17.7 Å². The third-order valence-corrected chi connectivity index (χ3v) is 3.29. The first-order valence-corrected chi connectivity index (χ1v) is 6.50. The largest absolute Gasteiger partial charge is 0.453 e. The van der Waals surface area contributed by atoms with Gasteiger partial charge in [0.2, 0.25) is 5.91 Å². The topological polar surface area (TPSA) is 93.5 Å². The van der Waals surface area contributed by atoms with Gasteiger partial charge in [0, 0.05) is 11.4 Å². The molecule has 1 aromatic rings. The van der Waals surface area contributed by atoms with Gasteiger partial charge in [-0.2, -0.15) is 0 Å². The van der Waals surface area contributed by atoms with E-state index in [0.717, 1.165) is 0 Å². The minimum absolute atomic E-state index is 0.212. The van der Waals surface area contributed by atoms with E-state index in [2.05, 4.69) is 15.4 Å². The van der Waals surface area contributed by atoms with Crippen LogP contribution < -0.4 is 16.4 Å². The van der Waals surface area contributed by atoms with Crippen molar-refractivity contribution in [3.8, 4) is 0 Å². The first-order chi connectivity index (χ1) is 9.45. The Morgan fingerprint density at radius 2 is 1.55 bits per heavy atom. The summed E-state index contributed by atoms with van der Waals surface area (Å²) in [5.74, 6) is -0.212. The highest BCUT2D eigenvalue weighted by Crippen LogP contribution is 2.17. The van der Waals surface area contributed by atoms with Crippen molar-refractivity contribution in [1.82, 2.24) is 0 Å². The van der Waals surface area contributed by atoms with Crippen molar-refractivity contribution in [2.45, 2.75) is 32.2 Å². The number of nitrogens with two attached hydrogens (primary N) is 1. The summed E-state index contributed by atoms with van der Waals surface area (Å²) in [5, 5.41) is 5.30. The highest BCUT2D eigenvalue weighted by Gasteiger charge is 2.29. The molecule has 0 aliphatic carbocycles. The minimum Gasteiger partial charge on any atom is -0.453 e. The van der Waals surface area contributed by atoms with Crippen LogP contribution in [-0.2, 0) is 9.53 Å². The average Bonchev–Trinajstić information content (AvgIpc) is 2.48. The van der Waals surface area contributed by atoms with E-state index < -0.39 is 11.6 Å². The lowest BCUT2D eigenvalue weighted by molar-refractivity contribution is -0.121. The van der Waals surface area contributed by atoms with Gasteiger partial charge in [0.1, 0.15) is 0 Å². The molecule has 110 valence electrons. The number of hydrogen-bond acceptors (Lipinski definition) is 4. The molecular weight excluding hydrogens is 258 g/mol. The molecular formula is C14H21N3O3. The molecule has 0 atom stereocenters. The van der Waals surface area contributed by atoms with E-state index in [-0.39, 0.29) is 5.91 Å². The third-order valence-electron chi connectivity index (χ3n) is 3.29. The van der Waals surface area contributed by atoms with Crippen LogP contribution in [0.2, 0.25) is 0 Å². The Bertz CT molecular complexity index is 467. The molecule has 4 N–H and O–H groups in total. The van der Waals surface area contributed by atoms with Gasteiger partial charge in [-0.3, -0.25) is 10.1 Å². The quantitative estimate of drug-likeness (QED) is 0.771. The smallest absolute Gasteiger partial charge is 0.411 e. The van der Waals surface area contributed by atoms with Crippen molar-refractivity contribution in [1.29, 1.82) is 0 Å². The maximum atomic E-state index is 12.1. The Morgan fingerprint density at radius 1 is 1.10 bits per heavy atom. The zero-order chi connectivity index (χ0) is 15.2. The van der Waals surface area contributed by atoms with E-state index in [1.807, 2.05) is 13.8 Å². The predicted molar refractivity (Wildman–Crippen MR) is 78.6 cm³/mol. The van der Waals surface area contributed by atoms with E-state index in [0.29, 0.717) is 24.2 Å². The molecule has 0 aromatic heterocycles. The molecule has 0 saturated heterocycles. The van der Waals surface area contributed by atoms with Crippen molar-refractivity contribution >= 4 is 23.4 Å². The van der Waals surface area contributed by atoms with Gasteiger partial charge in [0.25, 0.3) is 0 Å². The summed E-state index contributed by atoms with van der Waals surface area (Å²) in [7, 11) is 1.29. The average molecular weight is 279 g/mol. The fraction of sp³-hybridized carbons (Fsp3) is 0.429. The number of amides is 2. The Kier molecular flexibility index (Phi) is 5.52. The summed E-state index contributed by atoms with van der Waals surface area (Å²) in [6.07, 6.45) is 0.592. The van der Waals surface area contributed by atoms with Crippen LogP contribution in [0.3, 0.4) is 0 Å². The predicted octanol–water partition coefficient (Wildman–Crippen LogP) is 2.32. The Labute approximate surface area is 118 Å². The zero-order valence-corrected chi connectivity index (χ0v) is 12.0. The lowest BCUT2D eigenvalue weighted by Crippen LogP contribution is -2.50. The van der Waals surface area contributed by atoms with Gasteiger partial charge in [0.15, 0.2) is 0 Å². The van der Waals surface area contributed by atoms with Gasteiger partial charge in [-0.05, 0) is 37.1 Å². The van der Waals surface area contributed by atoms with Crippen molar-refractivity contribution < 1.29 is 14.3 Å². The standard InChI is InChI=1S/C14H21N3O3/c1-4-14(15,5-2)12(18)16-10-6-8-11(9-7-10)17-13(19)20-3/h6-9H,4-5,15H2,1-3H3,(H,16,18)(H,17,19). The zero-order valence-electron chi connectivity index (χ0n) is 12.0. The molecule has 0 aliphatic rings. The van der Waals surface area contributed by atoms with Gasteiger partial charge in [-0.15, -0.1) is 0 Å². The van der Waals surface area contributed by atoms with Crippen LogP contribution in [0.15, 0.2) is 24.3 Å². The van der Waals surface area contributed by atoms with Crippen LogP contribution in [0.4, 0.5) is 16.2 Å². The van der Waals surface area contributed by atoms with E-state index in [9.17, 15) is 9.59 Å². The number of hydrogen-bond donors (Lipinski definition) is 3. The highest BCUT2D eigenvalue weighted by atomic mass is 16.5. The number of nitrogens with one attached hydrogen (secondary N) is 2. The number of carbonyl (C=O) groups is 2. The van der Waals surface area contributed by atoms with Gasteiger partial charge < -0.3 is 15.8 Å². The molecule has 0 aliphatic heterocycles. The molecule has 1 rings (SSSR count). The fourth-order valence-electron chi connectivity index (χ4n) is 1.63. The number of carbonyl (C=O) groups excluding carboxylic acids is 2. The lowest BCUT2D eigenvalue weighted by atomic mass is 9.93. The third kappa shape index (κ3) is 3.96. The molecule has 0 radical (unpaired) electrons. The summed E-state index contributed by atoms with van der Waals surface area (Å²) in [6, 6.07) is 6.72. The van der Waals surface area contributed by atoms with Gasteiger partial charge in [-0.25, -0.2) is 4.79 Å². The molecule has 0 fully saturated rings. The normalized spacial score (nSPS) is 10.8. The van der Waals surface area contributed by atoms with Crippen LogP contribution in [0.5, 0.6) is 0 Å². The minimum atomic E-state index is -0.858. The first kappa shape index (κ1) is 16.0. The molecule has 1 aromatic carbocycles. The fourth-order valence-corrected chi connectivity index (χ4v) is 1.63. The van der Waals surface area contributed by atoms with Crippen LogP contribution in [0.1, 0.15) is 26.7 Å². The summed E-state index contributed by atoms with van der Waals surface area (Å²) in [5.41, 5.74) is 6.37.